The molecule has 64 valence electrons. The molecule has 0 aliphatic rings. The largest absolute Gasteiger partial charge is 0.293 e. The van der Waals surface area contributed by atoms with Crippen molar-refractivity contribution < 1.29 is 9.00 Å². The van der Waals surface area contributed by atoms with Crippen molar-refractivity contribution >= 4 is 16.6 Å². The molecule has 0 N–H and O–H groups in total. The lowest BCUT2D eigenvalue weighted by molar-refractivity contribution is 0.102. The maximum Gasteiger partial charge on any atom is 0.175 e. The van der Waals surface area contributed by atoms with E-state index >= 15 is 0 Å². The summed E-state index contributed by atoms with van der Waals surface area (Å²) in [4.78, 5) is 15.0. The van der Waals surface area contributed by atoms with Crippen molar-refractivity contribution in [2.24, 2.45) is 0 Å². The number of carbonyl (C=O) groups is 1. The number of hydrogen-bond acceptors (Lipinski definition) is 3. The molecule has 0 amide bonds. The Morgan fingerprint density at radius 3 is 2.58 bits per heavy atom. The van der Waals surface area contributed by atoms with Crippen molar-refractivity contribution in [3.63, 3.8) is 0 Å². The van der Waals surface area contributed by atoms with E-state index in [1.807, 2.05) is 0 Å². The van der Waals surface area contributed by atoms with Gasteiger partial charge in [0.25, 0.3) is 0 Å². The molecular formula is C8H9NO2S. The summed E-state index contributed by atoms with van der Waals surface area (Å²) in [6.07, 6.45) is 4.61. The molecule has 4 heteroatoms. The quantitative estimate of drug-likeness (QED) is 0.646. The highest BCUT2D eigenvalue weighted by Crippen LogP contribution is 1.98. The summed E-state index contributed by atoms with van der Waals surface area (Å²) in [7, 11) is -1.07. The minimum absolute atomic E-state index is 0.0873. The predicted octanol–water partition coefficient (Wildman–Crippen LogP) is 0.643. The van der Waals surface area contributed by atoms with Gasteiger partial charge in [-0.1, -0.05) is 0 Å². The monoisotopic (exact) mass is 183 g/mol. The zero-order valence-corrected chi connectivity index (χ0v) is 7.50. The lowest BCUT2D eigenvalue weighted by Gasteiger charge is -1.96. The van der Waals surface area contributed by atoms with Gasteiger partial charge in [-0.15, -0.1) is 0 Å². The minimum atomic E-state index is -1.07. The van der Waals surface area contributed by atoms with Gasteiger partial charge in [-0.05, 0) is 12.1 Å². The molecule has 1 aromatic rings. The number of Topliss-reactive ketones (excluding diaryl/α,β-unsaturated/α-hetero) is 1. The highest BCUT2D eigenvalue weighted by molar-refractivity contribution is 7.85. The first kappa shape index (κ1) is 9.06. The third kappa shape index (κ3) is 2.54. The van der Waals surface area contributed by atoms with Crippen LogP contribution >= 0.6 is 0 Å². The summed E-state index contributed by atoms with van der Waals surface area (Å²) in [5, 5.41) is 0. The summed E-state index contributed by atoms with van der Waals surface area (Å²) >= 11 is 0. The van der Waals surface area contributed by atoms with Gasteiger partial charge in [0.15, 0.2) is 5.78 Å². The average molecular weight is 183 g/mol. The van der Waals surface area contributed by atoms with Crippen LogP contribution in [0.4, 0.5) is 0 Å². The Kier molecular flexibility index (Phi) is 3.10. The van der Waals surface area contributed by atoms with E-state index in [2.05, 4.69) is 4.98 Å². The van der Waals surface area contributed by atoms with Crippen LogP contribution in [0.1, 0.15) is 10.4 Å². The first-order valence-electron chi connectivity index (χ1n) is 3.43. The maximum atomic E-state index is 11.2. The third-order valence-corrected chi connectivity index (χ3v) is 2.01. The Hall–Kier alpha value is -1.03. The van der Waals surface area contributed by atoms with Gasteiger partial charge >= 0.3 is 0 Å². The van der Waals surface area contributed by atoms with Crippen molar-refractivity contribution in [1.82, 2.24) is 4.98 Å². The van der Waals surface area contributed by atoms with Crippen LogP contribution in [0.15, 0.2) is 24.5 Å². The highest BCUT2D eigenvalue weighted by Gasteiger charge is 2.06. The summed E-state index contributed by atoms with van der Waals surface area (Å²) in [6.45, 7) is 0. The van der Waals surface area contributed by atoms with Crippen molar-refractivity contribution in [1.29, 1.82) is 0 Å². The SMILES string of the molecule is CS(=O)CC(=O)c1ccncc1. The molecule has 1 aromatic heterocycles. The third-order valence-electron chi connectivity index (χ3n) is 1.34. The molecule has 0 bridgehead atoms. The Morgan fingerprint density at radius 1 is 1.50 bits per heavy atom. The van der Waals surface area contributed by atoms with Crippen LogP contribution in [0.3, 0.4) is 0 Å². The van der Waals surface area contributed by atoms with E-state index in [0.717, 1.165) is 0 Å². The van der Waals surface area contributed by atoms with Gasteiger partial charge in [-0.25, -0.2) is 0 Å². The molecule has 1 rings (SSSR count). The lowest BCUT2D eigenvalue weighted by atomic mass is 10.2. The zero-order valence-electron chi connectivity index (χ0n) is 6.69. The second kappa shape index (κ2) is 4.11. The summed E-state index contributed by atoms with van der Waals surface area (Å²) < 4.78 is 10.7. The molecule has 0 aliphatic heterocycles. The number of hydrogen-bond donors (Lipinski definition) is 0. The van der Waals surface area contributed by atoms with Crippen LogP contribution in [-0.2, 0) is 10.8 Å². The molecule has 0 saturated heterocycles. The number of ketones is 1. The lowest BCUT2D eigenvalue weighted by Crippen LogP contribution is -2.09. The van der Waals surface area contributed by atoms with Gasteiger partial charge in [-0.2, -0.15) is 0 Å². The molecule has 0 spiro atoms. The van der Waals surface area contributed by atoms with Gasteiger partial charge in [0.2, 0.25) is 0 Å². The fourth-order valence-corrected chi connectivity index (χ4v) is 1.34. The number of rotatable bonds is 3. The van der Waals surface area contributed by atoms with Crippen LogP contribution in [-0.4, -0.2) is 27.0 Å². The Labute approximate surface area is 73.3 Å². The number of carbonyl (C=O) groups excluding carboxylic acids is 1. The molecule has 0 saturated carbocycles. The molecule has 0 radical (unpaired) electrons. The fraction of sp³-hybridized carbons (Fsp3) is 0.250. The van der Waals surface area contributed by atoms with Gasteiger partial charge in [0.05, 0.1) is 5.75 Å². The second-order valence-corrected chi connectivity index (χ2v) is 3.81. The molecule has 0 aromatic carbocycles. The van der Waals surface area contributed by atoms with Crippen LogP contribution in [0.25, 0.3) is 0 Å². The van der Waals surface area contributed by atoms with E-state index in [0.29, 0.717) is 5.56 Å². The minimum Gasteiger partial charge on any atom is -0.293 e. The number of pyridine rings is 1. The molecule has 1 atom stereocenters. The molecule has 0 aliphatic carbocycles. The van der Waals surface area contributed by atoms with Crippen molar-refractivity contribution in [3.8, 4) is 0 Å². The van der Waals surface area contributed by atoms with Gasteiger partial charge < -0.3 is 0 Å². The first-order valence-corrected chi connectivity index (χ1v) is 5.16. The van der Waals surface area contributed by atoms with Gasteiger partial charge in [0.1, 0.15) is 0 Å². The van der Waals surface area contributed by atoms with Gasteiger partial charge in [-0.3, -0.25) is 14.0 Å². The topological polar surface area (TPSA) is 47.0 Å². The molecule has 1 heterocycles. The number of aromatic nitrogens is 1. The first-order chi connectivity index (χ1) is 5.70. The van der Waals surface area contributed by atoms with Crippen molar-refractivity contribution in [2.45, 2.75) is 0 Å². The van der Waals surface area contributed by atoms with Crippen LogP contribution in [0.2, 0.25) is 0 Å². The van der Waals surface area contributed by atoms with Crippen LogP contribution < -0.4 is 0 Å². The molecule has 1 unspecified atom stereocenters. The molecular weight excluding hydrogens is 174 g/mol. The Bertz CT molecular complexity index is 297. The molecule has 3 nitrogen and oxygen atoms in total. The summed E-state index contributed by atoms with van der Waals surface area (Å²) in [5.74, 6) is -0.0115. The highest BCUT2D eigenvalue weighted by atomic mass is 32.2. The molecule has 12 heavy (non-hydrogen) atoms. The standard InChI is InChI=1S/C8H9NO2S/c1-12(11)6-8(10)7-2-4-9-5-3-7/h2-5H,6H2,1H3. The summed E-state index contributed by atoms with van der Waals surface area (Å²) in [5.41, 5.74) is 0.570. The Balaban J connectivity index is 2.73. The van der Waals surface area contributed by atoms with E-state index in [-0.39, 0.29) is 11.5 Å². The van der Waals surface area contributed by atoms with E-state index in [1.165, 1.54) is 6.26 Å². The van der Waals surface area contributed by atoms with E-state index in [9.17, 15) is 9.00 Å². The summed E-state index contributed by atoms with van der Waals surface area (Å²) in [6, 6.07) is 3.24. The fourth-order valence-electron chi connectivity index (χ4n) is 0.806. The van der Waals surface area contributed by atoms with E-state index in [4.69, 9.17) is 0 Å². The normalized spacial score (nSPS) is 12.4. The van der Waals surface area contributed by atoms with E-state index in [1.54, 1.807) is 24.5 Å². The van der Waals surface area contributed by atoms with Crippen molar-refractivity contribution in [2.75, 3.05) is 12.0 Å². The molecule has 0 fully saturated rings. The predicted molar refractivity (Wildman–Crippen MR) is 47.5 cm³/mol. The van der Waals surface area contributed by atoms with Crippen LogP contribution in [0, 0.1) is 0 Å². The van der Waals surface area contributed by atoms with Crippen molar-refractivity contribution in [3.05, 3.63) is 30.1 Å². The Morgan fingerprint density at radius 2 is 2.08 bits per heavy atom. The maximum absolute atomic E-state index is 11.2. The van der Waals surface area contributed by atoms with E-state index < -0.39 is 10.8 Å². The second-order valence-electron chi connectivity index (χ2n) is 2.38. The zero-order chi connectivity index (χ0) is 8.97. The van der Waals surface area contributed by atoms with Gasteiger partial charge in [0, 0.05) is 35.0 Å². The van der Waals surface area contributed by atoms with Crippen LogP contribution in [0.5, 0.6) is 0 Å². The number of nitrogens with zero attached hydrogens (tertiary/aromatic N) is 1. The smallest absolute Gasteiger partial charge is 0.175 e. The average Bonchev–Trinajstić information content (AvgIpc) is 2.05.